The molecule has 0 fully saturated rings. The highest BCUT2D eigenvalue weighted by molar-refractivity contribution is 6.24. The third-order valence-electron chi connectivity index (χ3n) is 11.1. The van der Waals surface area contributed by atoms with Crippen LogP contribution in [0.25, 0.3) is 106 Å². The van der Waals surface area contributed by atoms with Gasteiger partial charge in [0.1, 0.15) is 5.82 Å². The molecule has 1 heterocycles. The molecule has 0 bridgehead atoms. The Bertz CT molecular complexity index is 3140. The van der Waals surface area contributed by atoms with Crippen LogP contribution in [0.1, 0.15) is 18.1 Å². The monoisotopic (exact) mass is 714 g/mol. The quantitative estimate of drug-likeness (QED) is 0.150. The molecule has 56 heavy (non-hydrogen) atoms. The van der Waals surface area contributed by atoms with E-state index in [0.717, 1.165) is 50.4 Å². The maximum atomic E-state index is 5.12. The van der Waals surface area contributed by atoms with E-state index >= 15 is 0 Å². The molecule has 264 valence electrons. The number of hydrogen-bond donors (Lipinski definition) is 0. The van der Waals surface area contributed by atoms with Crippen LogP contribution in [0.5, 0.6) is 0 Å². The summed E-state index contributed by atoms with van der Waals surface area (Å²) < 4.78 is 2.26. The molecule has 1 aromatic heterocycles. The standard InChI is InChI=1S/C54H38N2/c1-3-16-37-18-14-25-44(42(37)4-2)52-46-23-10-11-24-47(46)53(45-26-15-19-38-17-8-9-22-43(38)45)49-35-40(33-34-48(49)52)36-29-31-39(32-30-36)54-55-50-27-12-13-28-51(50)56(54)41-20-6-5-7-21-41/h3-35H,2H2,1H3/b16-3-. The van der Waals surface area contributed by atoms with Gasteiger partial charge in [-0.25, -0.2) is 4.98 Å². The molecule has 9 aromatic carbocycles. The SMILES string of the molecule is C=Cc1c(/C=C\C)cccc1-c1c2ccccc2c(-c2cccc3ccccc23)c2cc(-c3ccc(-c4nc5ccccc5n4-c4ccccc4)cc3)ccc12. The first kappa shape index (κ1) is 33.3. The zero-order valence-corrected chi connectivity index (χ0v) is 31.2. The molecule has 0 spiro atoms. The number of aromatic nitrogens is 2. The second kappa shape index (κ2) is 13.8. The van der Waals surface area contributed by atoms with Gasteiger partial charge >= 0.3 is 0 Å². The molecule has 0 saturated heterocycles. The van der Waals surface area contributed by atoms with E-state index in [9.17, 15) is 0 Å². The highest BCUT2D eigenvalue weighted by atomic mass is 15.1. The fourth-order valence-electron chi connectivity index (χ4n) is 8.61. The second-order valence-electron chi connectivity index (χ2n) is 14.3. The smallest absolute Gasteiger partial charge is 0.145 e. The predicted octanol–water partition coefficient (Wildman–Crippen LogP) is 14.8. The summed E-state index contributed by atoms with van der Waals surface area (Å²) in [6.07, 6.45) is 6.28. The Balaban J connectivity index is 1.22. The van der Waals surface area contributed by atoms with Gasteiger partial charge in [0.15, 0.2) is 0 Å². The van der Waals surface area contributed by atoms with Gasteiger partial charge in [-0.2, -0.15) is 0 Å². The fraction of sp³-hybridized carbons (Fsp3) is 0.0185. The molecule has 0 aliphatic rings. The van der Waals surface area contributed by atoms with Gasteiger partial charge in [-0.1, -0.05) is 176 Å². The lowest BCUT2D eigenvalue weighted by Gasteiger charge is -2.21. The molecule has 0 radical (unpaired) electrons. The van der Waals surface area contributed by atoms with E-state index < -0.39 is 0 Å². The molecule has 0 saturated carbocycles. The maximum absolute atomic E-state index is 5.12. The molecular weight excluding hydrogens is 677 g/mol. The van der Waals surface area contributed by atoms with Gasteiger partial charge < -0.3 is 0 Å². The molecule has 0 atom stereocenters. The highest BCUT2D eigenvalue weighted by Gasteiger charge is 2.21. The zero-order chi connectivity index (χ0) is 37.6. The van der Waals surface area contributed by atoms with Crippen LogP contribution < -0.4 is 0 Å². The first-order valence-electron chi connectivity index (χ1n) is 19.2. The summed E-state index contributed by atoms with van der Waals surface area (Å²) >= 11 is 0. The van der Waals surface area contributed by atoms with Crippen molar-refractivity contribution in [1.82, 2.24) is 9.55 Å². The van der Waals surface area contributed by atoms with Gasteiger partial charge in [0.25, 0.3) is 0 Å². The summed E-state index contributed by atoms with van der Waals surface area (Å²) in [7, 11) is 0. The Kier molecular flexibility index (Phi) is 8.23. The van der Waals surface area contributed by atoms with Gasteiger partial charge in [-0.3, -0.25) is 4.57 Å². The van der Waals surface area contributed by atoms with Crippen LogP contribution in [0, 0.1) is 0 Å². The minimum Gasteiger partial charge on any atom is -0.292 e. The summed E-state index contributed by atoms with van der Waals surface area (Å²) in [6.45, 7) is 6.36. The van der Waals surface area contributed by atoms with E-state index in [4.69, 9.17) is 4.98 Å². The molecule has 0 N–H and O–H groups in total. The molecular formula is C54H38N2. The number of nitrogens with zero attached hydrogens (tertiary/aromatic N) is 2. The maximum Gasteiger partial charge on any atom is 0.145 e. The van der Waals surface area contributed by atoms with Crippen LogP contribution in [0.15, 0.2) is 195 Å². The molecule has 0 unspecified atom stereocenters. The summed E-state index contributed by atoms with van der Waals surface area (Å²) in [4.78, 5) is 5.12. The zero-order valence-electron chi connectivity index (χ0n) is 31.2. The Morgan fingerprint density at radius 3 is 1.89 bits per heavy atom. The van der Waals surface area contributed by atoms with E-state index in [1.54, 1.807) is 0 Å². The van der Waals surface area contributed by atoms with Crippen LogP contribution >= 0.6 is 0 Å². The summed E-state index contributed by atoms with van der Waals surface area (Å²) in [6, 6.07) is 65.7. The molecule has 2 nitrogen and oxygen atoms in total. The average Bonchev–Trinajstić information content (AvgIpc) is 3.65. The Morgan fingerprint density at radius 1 is 0.500 bits per heavy atom. The lowest BCUT2D eigenvalue weighted by molar-refractivity contribution is 1.10. The van der Waals surface area contributed by atoms with Crippen molar-refractivity contribution in [1.29, 1.82) is 0 Å². The fourth-order valence-corrected chi connectivity index (χ4v) is 8.61. The average molecular weight is 715 g/mol. The molecule has 10 aromatic rings. The molecule has 0 aliphatic heterocycles. The van der Waals surface area contributed by atoms with Crippen molar-refractivity contribution < 1.29 is 0 Å². The van der Waals surface area contributed by atoms with Gasteiger partial charge in [0, 0.05) is 11.3 Å². The minimum atomic E-state index is 0.926. The first-order chi connectivity index (χ1) is 27.7. The van der Waals surface area contributed by atoms with E-state index in [1.165, 1.54) is 54.6 Å². The van der Waals surface area contributed by atoms with Crippen LogP contribution in [0.4, 0.5) is 0 Å². The Morgan fingerprint density at radius 2 is 1.11 bits per heavy atom. The van der Waals surface area contributed by atoms with Crippen molar-refractivity contribution >= 4 is 55.5 Å². The number of fused-ring (bicyclic) bond motifs is 4. The molecule has 0 aliphatic carbocycles. The lowest BCUT2D eigenvalue weighted by Crippen LogP contribution is -1.97. The van der Waals surface area contributed by atoms with Gasteiger partial charge in [-0.15, -0.1) is 0 Å². The number of hydrogen-bond acceptors (Lipinski definition) is 1. The Labute approximate surface area is 327 Å². The van der Waals surface area contributed by atoms with Crippen LogP contribution in [0.2, 0.25) is 0 Å². The van der Waals surface area contributed by atoms with Crippen molar-refractivity contribution in [2.75, 3.05) is 0 Å². The van der Waals surface area contributed by atoms with E-state index in [-0.39, 0.29) is 0 Å². The summed E-state index contributed by atoms with van der Waals surface area (Å²) in [5, 5.41) is 7.35. The van der Waals surface area contributed by atoms with Gasteiger partial charge in [-0.05, 0) is 114 Å². The molecule has 2 heteroatoms. The molecule has 10 rings (SSSR count). The van der Waals surface area contributed by atoms with E-state index in [1.807, 2.05) is 6.08 Å². The van der Waals surface area contributed by atoms with Crippen molar-refractivity contribution in [2.45, 2.75) is 6.92 Å². The van der Waals surface area contributed by atoms with E-state index in [2.05, 4.69) is 212 Å². The summed E-state index contributed by atoms with van der Waals surface area (Å²) in [5.74, 6) is 0.926. The number of rotatable bonds is 7. The number of para-hydroxylation sites is 3. The number of imidazole rings is 1. The Hall–Kier alpha value is -7.29. The van der Waals surface area contributed by atoms with Crippen molar-refractivity contribution in [3.05, 3.63) is 206 Å². The number of benzene rings is 9. The van der Waals surface area contributed by atoms with E-state index in [0.29, 0.717) is 0 Å². The minimum absolute atomic E-state index is 0.926. The van der Waals surface area contributed by atoms with Gasteiger partial charge in [0.05, 0.1) is 11.0 Å². The predicted molar refractivity (Wildman–Crippen MR) is 240 cm³/mol. The third kappa shape index (κ3) is 5.46. The second-order valence-corrected chi connectivity index (χ2v) is 14.3. The first-order valence-corrected chi connectivity index (χ1v) is 19.2. The van der Waals surface area contributed by atoms with Gasteiger partial charge in [0.2, 0.25) is 0 Å². The topological polar surface area (TPSA) is 17.8 Å². The highest BCUT2D eigenvalue weighted by Crippen LogP contribution is 2.47. The third-order valence-corrected chi connectivity index (χ3v) is 11.1. The molecule has 0 amide bonds. The van der Waals surface area contributed by atoms with Crippen LogP contribution in [-0.2, 0) is 0 Å². The number of allylic oxidation sites excluding steroid dienone is 1. The van der Waals surface area contributed by atoms with Crippen LogP contribution in [-0.4, -0.2) is 9.55 Å². The van der Waals surface area contributed by atoms with Crippen molar-refractivity contribution in [3.8, 4) is 50.5 Å². The van der Waals surface area contributed by atoms with Crippen molar-refractivity contribution in [2.24, 2.45) is 0 Å². The van der Waals surface area contributed by atoms with Crippen molar-refractivity contribution in [3.63, 3.8) is 0 Å². The lowest BCUT2D eigenvalue weighted by atomic mass is 9.82. The van der Waals surface area contributed by atoms with Crippen LogP contribution in [0.3, 0.4) is 0 Å². The normalized spacial score (nSPS) is 11.7. The summed E-state index contributed by atoms with van der Waals surface area (Å²) in [5.41, 5.74) is 13.7. The largest absolute Gasteiger partial charge is 0.292 e.